The number of rotatable bonds is 8. The first kappa shape index (κ1) is 23.4. The number of halogens is 2. The number of nitro benzene ring substituents is 1. The first-order valence-corrected chi connectivity index (χ1v) is 11.4. The van der Waals surface area contributed by atoms with Crippen LogP contribution in [0.2, 0.25) is 5.02 Å². The minimum atomic E-state index is -0.765. The Balaban J connectivity index is 1.54. The third-order valence-corrected chi connectivity index (χ3v) is 5.94. The quantitative estimate of drug-likeness (QED) is 0.201. The van der Waals surface area contributed by atoms with Crippen molar-refractivity contribution < 1.29 is 14.1 Å². The molecule has 0 unspecified atom stereocenters. The van der Waals surface area contributed by atoms with Gasteiger partial charge in [-0.2, -0.15) is 0 Å². The minimum absolute atomic E-state index is 0.112. The predicted molar refractivity (Wildman–Crippen MR) is 128 cm³/mol. The molecule has 4 rings (SSSR count). The molecule has 0 aliphatic rings. The normalized spacial score (nSPS) is 10.8. The van der Waals surface area contributed by atoms with Gasteiger partial charge in [-0.1, -0.05) is 53.7 Å². The highest BCUT2D eigenvalue weighted by atomic mass is 35.5. The molecule has 172 valence electrons. The summed E-state index contributed by atoms with van der Waals surface area (Å²) < 4.78 is 15.8. The van der Waals surface area contributed by atoms with Gasteiger partial charge in [0.15, 0.2) is 5.16 Å². The number of anilines is 1. The molecule has 0 fully saturated rings. The van der Waals surface area contributed by atoms with Crippen LogP contribution >= 0.6 is 23.4 Å². The monoisotopic (exact) mass is 497 g/mol. The number of nitrogens with zero attached hydrogens (tertiary/aromatic N) is 4. The van der Waals surface area contributed by atoms with Crippen molar-refractivity contribution in [2.75, 3.05) is 11.1 Å². The van der Waals surface area contributed by atoms with E-state index in [0.717, 1.165) is 41.2 Å². The lowest BCUT2D eigenvalue weighted by Crippen LogP contribution is -2.16. The molecule has 0 aliphatic carbocycles. The van der Waals surface area contributed by atoms with Gasteiger partial charge in [0.25, 0.3) is 5.69 Å². The number of thioether (sulfide) groups is 1. The van der Waals surface area contributed by atoms with Crippen LogP contribution in [0.5, 0.6) is 0 Å². The zero-order valence-electron chi connectivity index (χ0n) is 17.5. The van der Waals surface area contributed by atoms with E-state index in [0.29, 0.717) is 22.4 Å². The molecular weight excluding hydrogens is 481 g/mol. The van der Waals surface area contributed by atoms with Crippen molar-refractivity contribution >= 4 is 40.6 Å². The molecule has 1 aromatic heterocycles. The van der Waals surface area contributed by atoms with E-state index < -0.39 is 16.6 Å². The number of non-ortho nitro benzene ring substituents is 1. The molecule has 0 atom stereocenters. The molecule has 0 saturated heterocycles. The second kappa shape index (κ2) is 10.4. The van der Waals surface area contributed by atoms with E-state index in [1.807, 2.05) is 47.0 Å². The zero-order valence-corrected chi connectivity index (χ0v) is 19.1. The smallest absolute Gasteiger partial charge is 0.271 e. The summed E-state index contributed by atoms with van der Waals surface area (Å²) in [7, 11) is 0. The number of nitro groups is 1. The summed E-state index contributed by atoms with van der Waals surface area (Å²) in [5.74, 6) is -0.751. The van der Waals surface area contributed by atoms with Crippen molar-refractivity contribution in [3.63, 3.8) is 0 Å². The van der Waals surface area contributed by atoms with Crippen LogP contribution in [0.3, 0.4) is 0 Å². The van der Waals surface area contributed by atoms with Gasteiger partial charge in [0.05, 0.1) is 16.4 Å². The summed E-state index contributed by atoms with van der Waals surface area (Å²) in [6.07, 6.45) is 0.516. The second-order valence-corrected chi connectivity index (χ2v) is 8.51. The summed E-state index contributed by atoms with van der Waals surface area (Å²) >= 11 is 7.14. The van der Waals surface area contributed by atoms with Gasteiger partial charge >= 0.3 is 0 Å². The number of hydrogen-bond acceptors (Lipinski definition) is 6. The fourth-order valence-corrected chi connectivity index (χ4v) is 4.07. The third-order valence-electron chi connectivity index (χ3n) is 4.76. The first-order valence-electron chi connectivity index (χ1n) is 10.0. The fraction of sp³-hybridized carbons (Fsp3) is 0.0870. The number of amides is 1. The topological polar surface area (TPSA) is 103 Å². The molecule has 0 saturated carbocycles. The standard InChI is InChI=1S/C23H17ClFN5O3S/c24-16-6-8-17(9-7-16)29-21(12-15-4-2-1-3-5-15)27-28-23(29)34-14-22(31)26-20-13-18(30(32)33)10-11-19(20)25/h1-11,13H,12,14H2,(H,26,31). The van der Waals surface area contributed by atoms with Crippen molar-refractivity contribution in [3.05, 3.63) is 105 Å². The molecule has 0 spiro atoms. The fourth-order valence-electron chi connectivity index (χ4n) is 3.18. The molecule has 0 bridgehead atoms. The van der Waals surface area contributed by atoms with Gasteiger partial charge in [-0.25, -0.2) is 4.39 Å². The average Bonchev–Trinajstić information content (AvgIpc) is 3.22. The molecule has 8 nitrogen and oxygen atoms in total. The summed E-state index contributed by atoms with van der Waals surface area (Å²) in [5.41, 5.74) is 1.23. The average molecular weight is 498 g/mol. The van der Waals surface area contributed by atoms with Crippen LogP contribution in [0.15, 0.2) is 78.0 Å². The van der Waals surface area contributed by atoms with Gasteiger partial charge in [-0.05, 0) is 35.9 Å². The van der Waals surface area contributed by atoms with Crippen LogP contribution in [0.1, 0.15) is 11.4 Å². The van der Waals surface area contributed by atoms with Crippen LogP contribution in [-0.4, -0.2) is 31.3 Å². The van der Waals surface area contributed by atoms with Crippen molar-refractivity contribution in [1.29, 1.82) is 0 Å². The summed E-state index contributed by atoms with van der Waals surface area (Å²) in [6, 6.07) is 19.8. The van der Waals surface area contributed by atoms with Crippen LogP contribution in [-0.2, 0) is 11.2 Å². The largest absolute Gasteiger partial charge is 0.323 e. The lowest BCUT2D eigenvalue weighted by atomic mass is 10.1. The number of benzene rings is 3. The maximum Gasteiger partial charge on any atom is 0.271 e. The Morgan fingerprint density at radius 1 is 1.09 bits per heavy atom. The molecule has 11 heteroatoms. The molecule has 1 N–H and O–H groups in total. The van der Waals surface area contributed by atoms with Crippen molar-refractivity contribution in [2.24, 2.45) is 0 Å². The summed E-state index contributed by atoms with van der Waals surface area (Å²) in [5, 5.41) is 22.9. The molecule has 0 aliphatic heterocycles. The lowest BCUT2D eigenvalue weighted by Gasteiger charge is -2.11. The number of hydrogen-bond donors (Lipinski definition) is 1. The van der Waals surface area contributed by atoms with Crippen molar-refractivity contribution in [3.8, 4) is 5.69 Å². The number of nitrogens with one attached hydrogen (secondary N) is 1. The van der Waals surface area contributed by atoms with Gasteiger partial charge in [0.1, 0.15) is 11.6 Å². The van der Waals surface area contributed by atoms with Gasteiger partial charge in [0.2, 0.25) is 5.91 Å². The SMILES string of the molecule is O=C(CSc1nnc(Cc2ccccc2)n1-c1ccc(Cl)cc1)Nc1cc([N+](=O)[O-])ccc1F. The van der Waals surface area contributed by atoms with E-state index in [4.69, 9.17) is 11.6 Å². The Kier molecular flexibility index (Phi) is 7.19. The van der Waals surface area contributed by atoms with E-state index >= 15 is 0 Å². The highest BCUT2D eigenvalue weighted by Gasteiger charge is 2.18. The van der Waals surface area contributed by atoms with E-state index in [-0.39, 0.29) is 17.1 Å². The zero-order chi connectivity index (χ0) is 24.1. The Morgan fingerprint density at radius 2 is 1.82 bits per heavy atom. The predicted octanol–water partition coefficient (Wildman–Crippen LogP) is 5.29. The molecule has 4 aromatic rings. The van der Waals surface area contributed by atoms with E-state index in [1.54, 1.807) is 12.1 Å². The summed E-state index contributed by atoms with van der Waals surface area (Å²) in [4.78, 5) is 22.7. The van der Waals surface area contributed by atoms with Crippen LogP contribution in [0.25, 0.3) is 5.69 Å². The molecular formula is C23H17ClFN5O3S. The van der Waals surface area contributed by atoms with Crippen LogP contribution < -0.4 is 5.32 Å². The van der Waals surface area contributed by atoms with Gasteiger partial charge < -0.3 is 5.32 Å². The Bertz CT molecular complexity index is 1330. The molecule has 1 heterocycles. The molecule has 0 radical (unpaired) electrons. The highest BCUT2D eigenvalue weighted by molar-refractivity contribution is 7.99. The Morgan fingerprint density at radius 3 is 2.53 bits per heavy atom. The number of carbonyl (C=O) groups excluding carboxylic acids is 1. The number of carbonyl (C=O) groups is 1. The lowest BCUT2D eigenvalue weighted by molar-refractivity contribution is -0.384. The van der Waals surface area contributed by atoms with Gasteiger partial charge in [-0.15, -0.1) is 10.2 Å². The maximum atomic E-state index is 14.0. The molecule has 34 heavy (non-hydrogen) atoms. The molecule has 1 amide bonds. The van der Waals surface area contributed by atoms with E-state index in [9.17, 15) is 19.3 Å². The Hall–Kier alpha value is -3.76. The minimum Gasteiger partial charge on any atom is -0.323 e. The second-order valence-electron chi connectivity index (χ2n) is 7.13. The number of aromatic nitrogens is 3. The van der Waals surface area contributed by atoms with Gasteiger partial charge in [0, 0.05) is 29.3 Å². The third kappa shape index (κ3) is 5.59. The van der Waals surface area contributed by atoms with E-state index in [2.05, 4.69) is 15.5 Å². The van der Waals surface area contributed by atoms with Crippen molar-refractivity contribution in [2.45, 2.75) is 11.6 Å². The summed E-state index contributed by atoms with van der Waals surface area (Å²) in [6.45, 7) is 0. The van der Waals surface area contributed by atoms with Crippen molar-refractivity contribution in [1.82, 2.24) is 14.8 Å². The van der Waals surface area contributed by atoms with E-state index in [1.165, 1.54) is 0 Å². The Labute approximate surface area is 202 Å². The highest BCUT2D eigenvalue weighted by Crippen LogP contribution is 2.26. The van der Waals surface area contributed by atoms with Crippen LogP contribution in [0.4, 0.5) is 15.8 Å². The van der Waals surface area contributed by atoms with Crippen LogP contribution in [0, 0.1) is 15.9 Å². The maximum absolute atomic E-state index is 14.0. The first-order chi connectivity index (χ1) is 16.4. The van der Waals surface area contributed by atoms with Gasteiger partial charge in [-0.3, -0.25) is 19.5 Å². The molecule has 3 aromatic carbocycles.